The van der Waals surface area contributed by atoms with Gasteiger partial charge in [-0.25, -0.2) is 4.98 Å². The summed E-state index contributed by atoms with van der Waals surface area (Å²) in [5.74, 6) is 0.0756. The minimum Gasteiger partial charge on any atom is -0.379 e. The number of halogens is 1. The normalized spacial score (nSPS) is 24.5. The van der Waals surface area contributed by atoms with Crippen molar-refractivity contribution in [3.63, 3.8) is 0 Å². The fourth-order valence-corrected chi connectivity index (χ4v) is 4.36. The quantitative estimate of drug-likeness (QED) is 0.808. The number of ether oxygens (including phenoxy) is 1. The molecule has 6 heteroatoms. The molecule has 0 bridgehead atoms. The van der Waals surface area contributed by atoms with Crippen LogP contribution in [0.2, 0.25) is 0 Å². The highest BCUT2D eigenvalue weighted by molar-refractivity contribution is 5.67. The second-order valence-corrected chi connectivity index (χ2v) is 8.39. The first kappa shape index (κ1) is 17.5. The zero-order valence-electron chi connectivity index (χ0n) is 15.7. The first-order chi connectivity index (χ1) is 12.4. The molecule has 0 radical (unpaired) electrons. The third-order valence-electron chi connectivity index (χ3n) is 5.82. The Morgan fingerprint density at radius 1 is 1.31 bits per heavy atom. The Kier molecular flexibility index (Phi) is 4.47. The van der Waals surface area contributed by atoms with E-state index in [2.05, 4.69) is 34.3 Å². The van der Waals surface area contributed by atoms with E-state index in [4.69, 9.17) is 4.74 Å². The van der Waals surface area contributed by atoms with Gasteiger partial charge >= 0.3 is 0 Å². The molecule has 2 aromatic rings. The zero-order chi connectivity index (χ0) is 18.3. The highest BCUT2D eigenvalue weighted by atomic mass is 19.1. The van der Waals surface area contributed by atoms with Gasteiger partial charge in [0.2, 0.25) is 5.95 Å². The molecule has 5 nitrogen and oxygen atoms in total. The molecule has 2 aliphatic carbocycles. The van der Waals surface area contributed by atoms with Gasteiger partial charge in [-0.05, 0) is 50.0 Å². The van der Waals surface area contributed by atoms with E-state index in [1.165, 1.54) is 17.3 Å². The summed E-state index contributed by atoms with van der Waals surface area (Å²) in [6.07, 6.45) is 6.37. The van der Waals surface area contributed by atoms with E-state index in [0.29, 0.717) is 5.82 Å². The molecule has 0 spiro atoms. The van der Waals surface area contributed by atoms with Crippen LogP contribution in [-0.2, 0) is 17.6 Å². The van der Waals surface area contributed by atoms with Gasteiger partial charge in [0.15, 0.2) is 0 Å². The van der Waals surface area contributed by atoms with Crippen LogP contribution in [0.4, 0.5) is 10.2 Å². The molecule has 26 heavy (non-hydrogen) atoms. The molecule has 2 unspecified atom stereocenters. The lowest BCUT2D eigenvalue weighted by molar-refractivity contribution is 0.101. The maximum Gasteiger partial charge on any atom is 0.215 e. The van der Waals surface area contributed by atoms with E-state index < -0.39 is 5.95 Å². The Hall–Kier alpha value is -1.95. The molecule has 0 saturated heterocycles. The van der Waals surface area contributed by atoms with Crippen molar-refractivity contribution >= 4 is 5.82 Å². The molecule has 0 aromatic carbocycles. The molecule has 2 heterocycles. The summed E-state index contributed by atoms with van der Waals surface area (Å²) in [7, 11) is 1.73. The highest BCUT2D eigenvalue weighted by Crippen LogP contribution is 2.38. The summed E-state index contributed by atoms with van der Waals surface area (Å²) < 4.78 is 19.7. The summed E-state index contributed by atoms with van der Waals surface area (Å²) in [6.45, 7) is 4.55. The number of anilines is 1. The van der Waals surface area contributed by atoms with Gasteiger partial charge in [-0.1, -0.05) is 13.8 Å². The fourth-order valence-electron chi connectivity index (χ4n) is 4.36. The van der Waals surface area contributed by atoms with Crippen molar-refractivity contribution in [3.8, 4) is 11.3 Å². The molecular formula is C20H27FN4O. The molecule has 2 atom stereocenters. The second-order valence-electron chi connectivity index (χ2n) is 8.39. The van der Waals surface area contributed by atoms with Crippen LogP contribution in [0, 0.1) is 11.4 Å². The van der Waals surface area contributed by atoms with Crippen molar-refractivity contribution in [2.75, 3.05) is 12.4 Å². The smallest absolute Gasteiger partial charge is 0.215 e. The number of hydrogen-bond donors (Lipinski definition) is 2. The molecule has 1 fully saturated rings. The number of nitrogens with zero attached hydrogens (tertiary/aromatic N) is 2. The van der Waals surface area contributed by atoms with Crippen molar-refractivity contribution in [2.45, 2.75) is 64.5 Å². The van der Waals surface area contributed by atoms with Gasteiger partial charge in [0, 0.05) is 30.0 Å². The summed E-state index contributed by atoms with van der Waals surface area (Å²) in [5.41, 5.74) is 4.32. The minimum absolute atomic E-state index is 0.156. The van der Waals surface area contributed by atoms with Gasteiger partial charge in [-0.3, -0.25) is 5.10 Å². The van der Waals surface area contributed by atoms with Crippen molar-refractivity contribution in [1.29, 1.82) is 0 Å². The molecule has 0 amide bonds. The summed E-state index contributed by atoms with van der Waals surface area (Å²) >= 11 is 0. The standard InChI is InChI=1S/C20H27FN4O/c1-20(2)8-7-13-15(11-20)24-25-19(13)12-9-17(21)23-18(10-12)22-14-5-4-6-16(14)26-3/h9-10,14,16H,4-8,11H2,1-3H3,(H,22,23)(H,24,25). The van der Waals surface area contributed by atoms with E-state index in [-0.39, 0.29) is 17.6 Å². The predicted molar refractivity (Wildman–Crippen MR) is 99.6 cm³/mol. The summed E-state index contributed by atoms with van der Waals surface area (Å²) in [5, 5.41) is 11.0. The van der Waals surface area contributed by atoms with Gasteiger partial charge in [0.1, 0.15) is 5.82 Å². The lowest BCUT2D eigenvalue weighted by Gasteiger charge is -2.29. The number of rotatable bonds is 4. The molecular weight excluding hydrogens is 331 g/mol. The Balaban J connectivity index is 1.62. The number of hydrogen-bond acceptors (Lipinski definition) is 4. The van der Waals surface area contributed by atoms with Crippen LogP contribution in [-0.4, -0.2) is 34.4 Å². The molecule has 2 aliphatic rings. The Bertz CT molecular complexity index is 801. The van der Waals surface area contributed by atoms with Gasteiger partial charge in [0.25, 0.3) is 0 Å². The lowest BCUT2D eigenvalue weighted by atomic mass is 9.76. The van der Waals surface area contributed by atoms with Crippen LogP contribution in [0.1, 0.15) is 50.8 Å². The fraction of sp³-hybridized carbons (Fsp3) is 0.600. The third-order valence-corrected chi connectivity index (χ3v) is 5.82. The SMILES string of the molecule is COC1CCCC1Nc1cc(-c2n[nH]c3c2CCC(C)(C)C3)cc(F)n1. The van der Waals surface area contributed by atoms with E-state index in [1.54, 1.807) is 7.11 Å². The molecule has 2 N–H and O–H groups in total. The van der Waals surface area contributed by atoms with E-state index in [0.717, 1.165) is 49.8 Å². The van der Waals surface area contributed by atoms with E-state index in [1.807, 2.05) is 6.07 Å². The molecule has 1 saturated carbocycles. The number of pyridine rings is 1. The lowest BCUT2D eigenvalue weighted by Crippen LogP contribution is -2.30. The molecule has 4 rings (SSSR count). The third kappa shape index (κ3) is 3.34. The first-order valence-corrected chi connectivity index (χ1v) is 9.48. The summed E-state index contributed by atoms with van der Waals surface area (Å²) in [6, 6.07) is 3.56. The van der Waals surface area contributed by atoms with E-state index >= 15 is 0 Å². The number of methoxy groups -OCH3 is 1. The number of aromatic amines is 1. The number of nitrogens with one attached hydrogen (secondary N) is 2. The monoisotopic (exact) mass is 358 g/mol. The van der Waals surface area contributed by atoms with Gasteiger partial charge in [-0.2, -0.15) is 9.49 Å². The maximum atomic E-state index is 14.2. The maximum absolute atomic E-state index is 14.2. The number of fused-ring (bicyclic) bond motifs is 1. The van der Waals surface area contributed by atoms with Crippen molar-refractivity contribution in [2.24, 2.45) is 5.41 Å². The van der Waals surface area contributed by atoms with Crippen molar-refractivity contribution < 1.29 is 9.13 Å². The Morgan fingerprint density at radius 2 is 2.15 bits per heavy atom. The minimum atomic E-state index is -0.482. The zero-order valence-corrected chi connectivity index (χ0v) is 15.7. The largest absolute Gasteiger partial charge is 0.379 e. The number of aromatic nitrogens is 3. The first-order valence-electron chi connectivity index (χ1n) is 9.48. The second kappa shape index (κ2) is 6.65. The van der Waals surface area contributed by atoms with Crippen LogP contribution < -0.4 is 5.32 Å². The Morgan fingerprint density at radius 3 is 2.96 bits per heavy atom. The van der Waals surface area contributed by atoms with Crippen LogP contribution in [0.3, 0.4) is 0 Å². The summed E-state index contributed by atoms with van der Waals surface area (Å²) in [4.78, 5) is 4.04. The van der Waals surface area contributed by atoms with Crippen LogP contribution in [0.25, 0.3) is 11.3 Å². The van der Waals surface area contributed by atoms with Crippen LogP contribution in [0.5, 0.6) is 0 Å². The van der Waals surface area contributed by atoms with Crippen LogP contribution in [0.15, 0.2) is 12.1 Å². The highest BCUT2D eigenvalue weighted by Gasteiger charge is 2.30. The predicted octanol–water partition coefficient (Wildman–Crippen LogP) is 4.11. The van der Waals surface area contributed by atoms with E-state index in [9.17, 15) is 4.39 Å². The van der Waals surface area contributed by atoms with Gasteiger partial charge < -0.3 is 10.1 Å². The average Bonchev–Trinajstić information content (AvgIpc) is 3.19. The van der Waals surface area contributed by atoms with Gasteiger partial charge in [0.05, 0.1) is 17.8 Å². The molecule has 0 aliphatic heterocycles. The van der Waals surface area contributed by atoms with Crippen LogP contribution >= 0.6 is 0 Å². The van der Waals surface area contributed by atoms with Crippen molar-refractivity contribution in [1.82, 2.24) is 15.2 Å². The molecule has 140 valence electrons. The average molecular weight is 358 g/mol. The number of H-pyrrole nitrogens is 1. The topological polar surface area (TPSA) is 62.8 Å². The Labute approximate surface area is 153 Å². The van der Waals surface area contributed by atoms with Gasteiger partial charge in [-0.15, -0.1) is 0 Å². The molecule has 2 aromatic heterocycles. The van der Waals surface area contributed by atoms with Crippen molar-refractivity contribution in [3.05, 3.63) is 29.3 Å².